The average molecular weight is 468 g/mol. The highest BCUT2D eigenvalue weighted by atomic mass is 32.2. The Balaban J connectivity index is 1.38. The van der Waals surface area contributed by atoms with E-state index in [1.165, 1.54) is 53.7 Å². The van der Waals surface area contributed by atoms with Crippen LogP contribution in [-0.4, -0.2) is 27.4 Å². The second-order valence-electron chi connectivity index (χ2n) is 7.26. The number of nitrogens with one attached hydrogen (secondary N) is 1. The predicted octanol–water partition coefficient (Wildman–Crippen LogP) is 5.50. The second kappa shape index (κ2) is 8.40. The van der Waals surface area contributed by atoms with Gasteiger partial charge in [0.1, 0.15) is 23.0 Å². The molecule has 5 nitrogen and oxygen atoms in total. The van der Waals surface area contributed by atoms with Crippen molar-refractivity contribution < 1.29 is 18.4 Å². The summed E-state index contributed by atoms with van der Waals surface area (Å²) in [5, 5.41) is 3.26. The van der Waals surface area contributed by atoms with E-state index in [-0.39, 0.29) is 28.8 Å². The quantitative estimate of drug-likeness (QED) is 0.239. The highest BCUT2D eigenvalue weighted by Gasteiger charge is 2.21. The van der Waals surface area contributed by atoms with E-state index in [0.29, 0.717) is 23.6 Å². The summed E-state index contributed by atoms with van der Waals surface area (Å²) in [4.78, 5) is 33.8. The highest BCUT2D eigenvalue weighted by Crippen LogP contribution is 2.37. The average Bonchev–Trinajstić information content (AvgIpc) is 3.22. The van der Waals surface area contributed by atoms with E-state index in [1.54, 1.807) is 12.1 Å². The minimum Gasteiger partial charge on any atom is -0.326 e. The maximum atomic E-state index is 14.5. The predicted molar refractivity (Wildman–Crippen MR) is 121 cm³/mol. The molecule has 0 fully saturated rings. The van der Waals surface area contributed by atoms with Crippen LogP contribution >= 0.6 is 23.1 Å². The normalized spacial score (nSPS) is 13.1. The van der Waals surface area contributed by atoms with Crippen molar-refractivity contribution in [3.05, 3.63) is 71.6 Å². The molecule has 9 heteroatoms. The molecule has 0 atom stereocenters. The molecule has 0 spiro atoms. The zero-order valence-electron chi connectivity index (χ0n) is 16.5. The number of thioether (sulfide) groups is 1. The second-order valence-corrected chi connectivity index (χ2v) is 9.28. The number of halogens is 2. The SMILES string of the molecule is O=C1CCc2cc(C(=O)CSc3ncnc4cc(-c5ccc(F)cc5)sc34)c(F)cc2N1. The van der Waals surface area contributed by atoms with Gasteiger partial charge in [-0.05, 0) is 47.9 Å². The van der Waals surface area contributed by atoms with Crippen molar-refractivity contribution >= 4 is 50.7 Å². The maximum absolute atomic E-state index is 14.5. The Bertz CT molecular complexity index is 1370. The maximum Gasteiger partial charge on any atom is 0.224 e. The molecule has 0 bridgehead atoms. The van der Waals surface area contributed by atoms with Crippen LogP contribution in [0.3, 0.4) is 0 Å². The van der Waals surface area contributed by atoms with Gasteiger partial charge in [0.25, 0.3) is 0 Å². The van der Waals surface area contributed by atoms with Crippen LogP contribution in [0, 0.1) is 11.6 Å². The third-order valence-corrected chi connectivity index (χ3v) is 7.43. The van der Waals surface area contributed by atoms with Crippen molar-refractivity contribution in [2.75, 3.05) is 11.1 Å². The van der Waals surface area contributed by atoms with Gasteiger partial charge in [-0.2, -0.15) is 0 Å². The Morgan fingerprint density at radius 3 is 2.72 bits per heavy atom. The van der Waals surface area contributed by atoms with Crippen LogP contribution in [0.15, 0.2) is 53.8 Å². The highest BCUT2D eigenvalue weighted by molar-refractivity contribution is 8.00. The first-order valence-corrected chi connectivity index (χ1v) is 11.6. The van der Waals surface area contributed by atoms with E-state index >= 15 is 0 Å². The lowest BCUT2D eigenvalue weighted by atomic mass is 9.98. The van der Waals surface area contributed by atoms with Gasteiger partial charge < -0.3 is 5.32 Å². The van der Waals surface area contributed by atoms with Gasteiger partial charge >= 0.3 is 0 Å². The summed E-state index contributed by atoms with van der Waals surface area (Å²) < 4.78 is 28.6. The molecule has 0 radical (unpaired) electrons. The van der Waals surface area contributed by atoms with Crippen molar-refractivity contribution in [2.45, 2.75) is 17.9 Å². The van der Waals surface area contributed by atoms with Crippen LogP contribution in [0.2, 0.25) is 0 Å². The van der Waals surface area contributed by atoms with Crippen LogP contribution in [0.1, 0.15) is 22.3 Å². The third kappa shape index (κ3) is 4.01. The molecule has 1 amide bonds. The molecule has 4 aromatic rings. The summed E-state index contributed by atoms with van der Waals surface area (Å²) in [6, 6.07) is 10.8. The van der Waals surface area contributed by atoms with Gasteiger partial charge in [0.05, 0.1) is 21.5 Å². The number of aryl methyl sites for hydroxylation is 1. The van der Waals surface area contributed by atoms with Crippen LogP contribution in [0.25, 0.3) is 20.7 Å². The first kappa shape index (κ1) is 20.7. The van der Waals surface area contributed by atoms with E-state index in [1.807, 2.05) is 6.07 Å². The van der Waals surface area contributed by atoms with E-state index in [2.05, 4.69) is 15.3 Å². The minimum absolute atomic E-state index is 0.0101. The standard InChI is InChI=1S/C23H15F2N3O2S2/c24-14-4-1-12(2-5-14)20-9-18-22(32-20)23(27-11-26-18)31-10-19(29)15-7-13-3-6-21(30)28-17(13)8-16(15)25/h1-2,4-5,7-9,11H,3,6,10H2,(H,28,30). The molecule has 160 valence electrons. The number of hydrogen-bond acceptors (Lipinski definition) is 6. The lowest BCUT2D eigenvalue weighted by Crippen LogP contribution is -2.20. The first-order valence-electron chi connectivity index (χ1n) is 9.76. The molecular formula is C23H15F2N3O2S2. The fourth-order valence-electron chi connectivity index (χ4n) is 3.52. The molecule has 0 unspecified atom stereocenters. The zero-order chi connectivity index (χ0) is 22.2. The number of aromatic nitrogens is 2. The van der Waals surface area contributed by atoms with Gasteiger partial charge in [0.2, 0.25) is 5.91 Å². The first-order chi connectivity index (χ1) is 15.5. The number of Topliss-reactive ketones (excluding diaryl/α,β-unsaturated/α-hetero) is 1. The van der Waals surface area contributed by atoms with Gasteiger partial charge in [0.15, 0.2) is 5.78 Å². The van der Waals surface area contributed by atoms with Gasteiger partial charge in [-0.25, -0.2) is 18.7 Å². The van der Waals surface area contributed by atoms with Crippen molar-refractivity contribution in [1.82, 2.24) is 9.97 Å². The molecule has 2 aromatic carbocycles. The molecular weight excluding hydrogens is 452 g/mol. The number of amides is 1. The lowest BCUT2D eigenvalue weighted by Gasteiger charge is -2.17. The number of fused-ring (bicyclic) bond motifs is 2. The van der Waals surface area contributed by atoms with Gasteiger partial charge in [0, 0.05) is 17.0 Å². The smallest absolute Gasteiger partial charge is 0.224 e. The van der Waals surface area contributed by atoms with Crippen molar-refractivity contribution in [3.63, 3.8) is 0 Å². The summed E-state index contributed by atoms with van der Waals surface area (Å²) in [7, 11) is 0. The Labute approximate surface area is 189 Å². The molecule has 1 aliphatic rings. The summed E-state index contributed by atoms with van der Waals surface area (Å²) in [6.45, 7) is 0. The molecule has 2 aromatic heterocycles. The van der Waals surface area contributed by atoms with Crippen LogP contribution < -0.4 is 5.32 Å². The Kier molecular flexibility index (Phi) is 5.44. The largest absolute Gasteiger partial charge is 0.326 e. The van der Waals surface area contributed by atoms with Gasteiger partial charge in [-0.3, -0.25) is 9.59 Å². The number of benzene rings is 2. The number of hydrogen-bond donors (Lipinski definition) is 1. The van der Waals surface area contributed by atoms with Crippen LogP contribution in [0.4, 0.5) is 14.5 Å². The minimum atomic E-state index is -0.654. The summed E-state index contributed by atoms with van der Waals surface area (Å²) in [6.07, 6.45) is 2.22. The topological polar surface area (TPSA) is 72.0 Å². The monoisotopic (exact) mass is 467 g/mol. The molecule has 5 rings (SSSR count). The number of anilines is 1. The summed E-state index contributed by atoms with van der Waals surface area (Å²) in [5.41, 5.74) is 2.79. The van der Waals surface area contributed by atoms with Gasteiger partial charge in [-0.1, -0.05) is 23.9 Å². The molecule has 1 aliphatic heterocycles. The number of carbonyl (C=O) groups excluding carboxylic acids is 2. The molecule has 0 saturated heterocycles. The number of rotatable bonds is 5. The molecule has 32 heavy (non-hydrogen) atoms. The van der Waals surface area contributed by atoms with Crippen molar-refractivity contribution in [1.29, 1.82) is 0 Å². The lowest BCUT2D eigenvalue weighted by molar-refractivity contribution is -0.116. The molecule has 0 saturated carbocycles. The van der Waals surface area contributed by atoms with E-state index in [0.717, 1.165) is 26.2 Å². The molecule has 1 N–H and O–H groups in total. The number of ketones is 1. The van der Waals surface area contributed by atoms with E-state index < -0.39 is 5.82 Å². The van der Waals surface area contributed by atoms with Crippen LogP contribution in [0.5, 0.6) is 0 Å². The number of thiophene rings is 1. The Morgan fingerprint density at radius 1 is 1.09 bits per heavy atom. The zero-order valence-corrected chi connectivity index (χ0v) is 18.2. The third-order valence-electron chi connectivity index (χ3n) is 5.14. The fourth-order valence-corrected chi connectivity index (χ4v) is 5.60. The van der Waals surface area contributed by atoms with Gasteiger partial charge in [-0.15, -0.1) is 11.3 Å². The van der Waals surface area contributed by atoms with Crippen LogP contribution in [-0.2, 0) is 11.2 Å². The summed E-state index contributed by atoms with van der Waals surface area (Å²) in [5.74, 6) is -1.46. The van der Waals surface area contributed by atoms with E-state index in [4.69, 9.17) is 0 Å². The molecule has 0 aliphatic carbocycles. The van der Waals surface area contributed by atoms with Crippen molar-refractivity contribution in [2.24, 2.45) is 0 Å². The Morgan fingerprint density at radius 2 is 1.91 bits per heavy atom. The molecule has 3 heterocycles. The number of nitrogens with zero attached hydrogens (tertiary/aromatic N) is 2. The fraction of sp³-hybridized carbons (Fsp3) is 0.130. The van der Waals surface area contributed by atoms with Crippen molar-refractivity contribution in [3.8, 4) is 10.4 Å². The Hall–Kier alpha value is -3.17. The summed E-state index contributed by atoms with van der Waals surface area (Å²) >= 11 is 2.68. The number of carbonyl (C=O) groups is 2. The van der Waals surface area contributed by atoms with E-state index in [9.17, 15) is 18.4 Å².